The Bertz CT molecular complexity index is 1360. The summed E-state index contributed by atoms with van der Waals surface area (Å²) in [5.74, 6) is 0.572. The number of anilines is 1. The molecule has 1 atom stereocenters. The van der Waals surface area contributed by atoms with Crippen LogP contribution in [0.1, 0.15) is 29.4 Å². The van der Waals surface area contributed by atoms with E-state index in [1.165, 1.54) is 24.3 Å². The van der Waals surface area contributed by atoms with Crippen LogP contribution in [0.15, 0.2) is 70.0 Å². The third-order valence-corrected chi connectivity index (χ3v) is 7.07. The molecule has 33 heavy (non-hydrogen) atoms. The molecule has 1 fully saturated rings. The third-order valence-electron chi connectivity index (χ3n) is 5.09. The Morgan fingerprint density at radius 1 is 1.15 bits per heavy atom. The van der Waals surface area contributed by atoms with Gasteiger partial charge in [-0.3, -0.25) is 19.8 Å². The van der Waals surface area contributed by atoms with Gasteiger partial charge in [-0.25, -0.2) is 8.42 Å². The topological polar surface area (TPSA) is 120 Å². The molecule has 170 valence electrons. The van der Waals surface area contributed by atoms with Gasteiger partial charge in [-0.2, -0.15) is 0 Å². The number of nitro groups is 1. The lowest BCUT2D eigenvalue weighted by Gasteiger charge is -2.23. The SMILES string of the molecule is CCOc1ccc(N2C(=O)/C(=C\c3ccc(C)o3)S(=O)(=O)C2c2cccc([N+](=O)[O-])c2)cc1. The fourth-order valence-electron chi connectivity index (χ4n) is 3.65. The Hall–Kier alpha value is -3.92. The highest BCUT2D eigenvalue weighted by molar-refractivity contribution is 7.97. The van der Waals surface area contributed by atoms with Gasteiger partial charge in [0.2, 0.25) is 9.84 Å². The number of hydrogen-bond donors (Lipinski definition) is 0. The first-order valence-corrected chi connectivity index (χ1v) is 11.6. The summed E-state index contributed by atoms with van der Waals surface area (Å²) in [4.78, 5) is 24.8. The number of benzene rings is 2. The lowest BCUT2D eigenvalue weighted by Crippen LogP contribution is -2.29. The van der Waals surface area contributed by atoms with Crippen LogP contribution >= 0.6 is 0 Å². The Morgan fingerprint density at radius 2 is 1.88 bits per heavy atom. The lowest BCUT2D eigenvalue weighted by atomic mass is 10.1. The van der Waals surface area contributed by atoms with Crippen LogP contribution in [0.2, 0.25) is 0 Å². The van der Waals surface area contributed by atoms with Crippen LogP contribution in [0.5, 0.6) is 5.75 Å². The van der Waals surface area contributed by atoms with Crippen molar-refractivity contribution in [1.82, 2.24) is 0 Å². The molecule has 1 saturated heterocycles. The molecule has 1 aliphatic rings. The number of nitro benzene ring substituents is 1. The van der Waals surface area contributed by atoms with Crippen molar-refractivity contribution in [3.8, 4) is 5.75 Å². The molecule has 0 radical (unpaired) electrons. The van der Waals surface area contributed by atoms with E-state index >= 15 is 0 Å². The normalized spacial score (nSPS) is 18.6. The predicted molar refractivity (Wildman–Crippen MR) is 121 cm³/mol. The largest absolute Gasteiger partial charge is 0.494 e. The van der Waals surface area contributed by atoms with Crippen molar-refractivity contribution in [2.45, 2.75) is 19.2 Å². The Kier molecular flexibility index (Phi) is 5.77. The molecule has 4 rings (SSSR count). The first-order valence-electron chi connectivity index (χ1n) is 10.0. The van der Waals surface area contributed by atoms with E-state index in [-0.39, 0.29) is 17.0 Å². The molecular formula is C23H20N2O7S. The molecule has 3 aromatic rings. The first-order chi connectivity index (χ1) is 15.7. The van der Waals surface area contributed by atoms with Crippen molar-refractivity contribution in [3.05, 3.63) is 92.8 Å². The van der Waals surface area contributed by atoms with Crippen molar-refractivity contribution in [2.24, 2.45) is 0 Å². The molecule has 1 aromatic heterocycles. The number of ether oxygens (including phenoxy) is 1. The Labute approximate surface area is 190 Å². The Balaban J connectivity index is 1.89. The summed E-state index contributed by atoms with van der Waals surface area (Å²) in [6.07, 6.45) is 1.18. The van der Waals surface area contributed by atoms with Gasteiger partial charge < -0.3 is 9.15 Å². The number of carbonyl (C=O) groups excluding carboxylic acids is 1. The van der Waals surface area contributed by atoms with Gasteiger partial charge in [0.05, 0.1) is 11.5 Å². The maximum Gasteiger partial charge on any atom is 0.271 e. The third kappa shape index (κ3) is 4.12. The number of amides is 1. The fraction of sp³-hybridized carbons (Fsp3) is 0.174. The molecule has 0 aliphatic carbocycles. The van der Waals surface area contributed by atoms with Crippen LogP contribution in [0.25, 0.3) is 6.08 Å². The highest BCUT2D eigenvalue weighted by Gasteiger charge is 2.50. The molecule has 1 unspecified atom stereocenters. The summed E-state index contributed by atoms with van der Waals surface area (Å²) in [7, 11) is -4.26. The van der Waals surface area contributed by atoms with Gasteiger partial charge in [0.15, 0.2) is 5.37 Å². The predicted octanol–water partition coefficient (Wildman–Crippen LogP) is 4.40. The van der Waals surface area contributed by atoms with E-state index in [9.17, 15) is 23.3 Å². The molecule has 1 amide bonds. The van der Waals surface area contributed by atoms with Crippen molar-refractivity contribution in [1.29, 1.82) is 0 Å². The summed E-state index contributed by atoms with van der Waals surface area (Å²) < 4.78 is 38.0. The number of furan rings is 1. The maximum atomic E-state index is 13.6. The van der Waals surface area contributed by atoms with Crippen LogP contribution < -0.4 is 9.64 Å². The molecule has 2 aromatic carbocycles. The second-order valence-electron chi connectivity index (χ2n) is 7.31. The van der Waals surface area contributed by atoms with Crippen molar-refractivity contribution in [2.75, 3.05) is 11.5 Å². The summed E-state index contributed by atoms with van der Waals surface area (Å²) in [5, 5.41) is 9.81. The van der Waals surface area contributed by atoms with Gasteiger partial charge in [0.1, 0.15) is 22.2 Å². The number of carbonyl (C=O) groups is 1. The second-order valence-corrected chi connectivity index (χ2v) is 9.28. The average Bonchev–Trinajstić information content (AvgIpc) is 3.28. The zero-order valence-corrected chi connectivity index (χ0v) is 18.6. The molecular weight excluding hydrogens is 448 g/mol. The van der Waals surface area contributed by atoms with E-state index in [2.05, 4.69) is 0 Å². The number of hydrogen-bond acceptors (Lipinski definition) is 7. The maximum absolute atomic E-state index is 13.6. The summed E-state index contributed by atoms with van der Waals surface area (Å²) in [5.41, 5.74) is 0.133. The van der Waals surface area contributed by atoms with E-state index in [4.69, 9.17) is 9.15 Å². The fourth-order valence-corrected chi connectivity index (χ4v) is 5.52. The minimum absolute atomic E-state index is 0.102. The molecule has 10 heteroatoms. The molecule has 2 heterocycles. The quantitative estimate of drug-likeness (QED) is 0.299. The van der Waals surface area contributed by atoms with Gasteiger partial charge in [0, 0.05) is 23.9 Å². The van der Waals surface area contributed by atoms with Gasteiger partial charge in [0.25, 0.3) is 11.6 Å². The molecule has 0 spiro atoms. The van der Waals surface area contributed by atoms with Crippen molar-refractivity contribution in [3.63, 3.8) is 0 Å². The summed E-state index contributed by atoms with van der Waals surface area (Å²) in [6.45, 7) is 3.98. The van der Waals surface area contributed by atoms with Gasteiger partial charge in [-0.1, -0.05) is 12.1 Å². The van der Waals surface area contributed by atoms with E-state index in [0.29, 0.717) is 23.8 Å². The van der Waals surface area contributed by atoms with E-state index in [1.807, 2.05) is 6.92 Å². The van der Waals surface area contributed by atoms with Gasteiger partial charge in [-0.15, -0.1) is 0 Å². The van der Waals surface area contributed by atoms with Crippen LogP contribution in [0.4, 0.5) is 11.4 Å². The lowest BCUT2D eigenvalue weighted by molar-refractivity contribution is -0.384. The number of non-ortho nitro benzene ring substituents is 1. The monoisotopic (exact) mass is 468 g/mol. The summed E-state index contributed by atoms with van der Waals surface area (Å²) >= 11 is 0. The number of rotatable bonds is 6. The van der Waals surface area contributed by atoms with E-state index in [1.54, 1.807) is 43.3 Å². The zero-order valence-electron chi connectivity index (χ0n) is 17.8. The van der Waals surface area contributed by atoms with Crippen LogP contribution in [-0.2, 0) is 14.6 Å². The molecule has 0 bridgehead atoms. The minimum Gasteiger partial charge on any atom is -0.494 e. The second kappa shape index (κ2) is 8.55. The number of aryl methyl sites for hydroxylation is 1. The average molecular weight is 468 g/mol. The minimum atomic E-state index is -4.26. The number of sulfone groups is 1. The van der Waals surface area contributed by atoms with Crippen LogP contribution in [0.3, 0.4) is 0 Å². The zero-order chi connectivity index (χ0) is 23.8. The van der Waals surface area contributed by atoms with Gasteiger partial charge in [-0.05, 0) is 55.8 Å². The first kappa shape index (κ1) is 22.3. The summed E-state index contributed by atoms with van der Waals surface area (Å²) in [6, 6.07) is 14.9. The van der Waals surface area contributed by atoms with Crippen LogP contribution in [0, 0.1) is 17.0 Å². The van der Waals surface area contributed by atoms with Crippen molar-refractivity contribution < 1.29 is 27.3 Å². The number of nitrogens with zero attached hydrogens (tertiary/aromatic N) is 2. The molecule has 9 nitrogen and oxygen atoms in total. The highest BCUT2D eigenvalue weighted by atomic mass is 32.2. The van der Waals surface area contributed by atoms with Crippen molar-refractivity contribution >= 4 is 33.2 Å². The van der Waals surface area contributed by atoms with Gasteiger partial charge >= 0.3 is 0 Å². The van der Waals surface area contributed by atoms with E-state index in [0.717, 1.165) is 11.0 Å². The molecule has 1 aliphatic heterocycles. The van der Waals surface area contributed by atoms with E-state index < -0.39 is 30.9 Å². The smallest absolute Gasteiger partial charge is 0.271 e. The molecule has 0 saturated carbocycles. The van der Waals surface area contributed by atoms with Crippen LogP contribution in [-0.4, -0.2) is 25.9 Å². The Morgan fingerprint density at radius 3 is 2.48 bits per heavy atom. The standard InChI is InChI=1S/C23H20N2O7S/c1-3-31-19-11-8-17(9-12-19)24-22(26)21(14-20-10-7-15(2)32-20)33(29,30)23(24)16-5-4-6-18(13-16)25(27)28/h4-14,23H,3H2,1-2H3/b21-14+. The molecule has 0 N–H and O–H groups in total. The highest BCUT2D eigenvalue weighted by Crippen LogP contribution is 2.44.